The van der Waals surface area contributed by atoms with Crippen molar-refractivity contribution in [3.63, 3.8) is 0 Å². The number of amides is 2. The normalized spacial score (nSPS) is 18.1. The number of hydrogen-bond donors (Lipinski definition) is 0. The van der Waals surface area contributed by atoms with E-state index in [9.17, 15) is 9.59 Å². The minimum absolute atomic E-state index is 0.0450. The van der Waals surface area contributed by atoms with Crippen molar-refractivity contribution >= 4 is 17.5 Å². The molecule has 4 heteroatoms. The van der Waals surface area contributed by atoms with Gasteiger partial charge in [0.25, 0.3) is 0 Å². The van der Waals surface area contributed by atoms with Crippen molar-refractivity contribution in [2.24, 2.45) is 17.8 Å². The Balaban J connectivity index is 2.08. The predicted molar refractivity (Wildman–Crippen MR) is 93.2 cm³/mol. The Morgan fingerprint density at radius 2 is 1.70 bits per heavy atom. The fourth-order valence-electron chi connectivity index (χ4n) is 3.12. The Morgan fingerprint density at radius 3 is 2.22 bits per heavy atom. The number of carbonyl (C=O) groups is 2. The highest BCUT2D eigenvalue weighted by Gasteiger charge is 2.37. The van der Waals surface area contributed by atoms with Gasteiger partial charge in [0.05, 0.1) is 5.92 Å². The van der Waals surface area contributed by atoms with E-state index >= 15 is 0 Å². The molecule has 2 amide bonds. The van der Waals surface area contributed by atoms with Gasteiger partial charge in [-0.25, -0.2) is 0 Å². The molecule has 1 aromatic rings. The highest BCUT2D eigenvalue weighted by atomic mass is 16.2. The third kappa shape index (κ3) is 4.57. The van der Waals surface area contributed by atoms with Crippen LogP contribution >= 0.6 is 0 Å². The molecule has 1 heterocycles. The molecule has 0 saturated carbocycles. The van der Waals surface area contributed by atoms with E-state index < -0.39 is 0 Å². The molecule has 1 aliphatic heterocycles. The molecule has 1 atom stereocenters. The van der Waals surface area contributed by atoms with Crippen molar-refractivity contribution in [3.8, 4) is 0 Å². The Kier molecular flexibility index (Phi) is 5.80. The minimum Gasteiger partial charge on any atom is -0.342 e. The molecule has 2 rings (SSSR count). The van der Waals surface area contributed by atoms with Crippen molar-refractivity contribution in [1.82, 2.24) is 4.90 Å². The van der Waals surface area contributed by atoms with E-state index in [-0.39, 0.29) is 17.7 Å². The van der Waals surface area contributed by atoms with Crippen molar-refractivity contribution < 1.29 is 9.59 Å². The number of nitrogens with zero attached hydrogens (tertiary/aromatic N) is 2. The maximum absolute atomic E-state index is 12.9. The first-order chi connectivity index (χ1) is 10.9. The standard InChI is InChI=1S/C19H28N2O2/c1-14(2)11-20(12-15(3)4)19(23)16-10-18(22)21(13-16)17-8-6-5-7-9-17/h5-9,14-16H,10-13H2,1-4H3. The van der Waals surface area contributed by atoms with Gasteiger partial charge in [-0.2, -0.15) is 0 Å². The Hall–Kier alpha value is -1.84. The fraction of sp³-hybridized carbons (Fsp3) is 0.579. The third-order valence-electron chi connectivity index (χ3n) is 4.02. The summed E-state index contributed by atoms with van der Waals surface area (Å²) in [5, 5.41) is 0. The number of carbonyl (C=O) groups excluding carboxylic acids is 2. The van der Waals surface area contributed by atoms with E-state index in [2.05, 4.69) is 27.7 Å². The molecule has 0 aliphatic carbocycles. The predicted octanol–water partition coefficient (Wildman–Crippen LogP) is 3.18. The van der Waals surface area contributed by atoms with Crippen LogP contribution in [0.3, 0.4) is 0 Å². The van der Waals surface area contributed by atoms with Crippen LogP contribution in [0, 0.1) is 17.8 Å². The molecule has 1 fully saturated rings. The van der Waals surface area contributed by atoms with Crippen LogP contribution in [-0.4, -0.2) is 36.3 Å². The number of anilines is 1. The first-order valence-electron chi connectivity index (χ1n) is 8.52. The van der Waals surface area contributed by atoms with E-state index in [1.165, 1.54) is 0 Å². The molecule has 1 aliphatic rings. The molecule has 1 saturated heterocycles. The van der Waals surface area contributed by atoms with Crippen molar-refractivity contribution in [3.05, 3.63) is 30.3 Å². The SMILES string of the molecule is CC(C)CN(CC(C)C)C(=O)C1CC(=O)N(c2ccccc2)C1. The summed E-state index contributed by atoms with van der Waals surface area (Å²) in [4.78, 5) is 28.9. The van der Waals surface area contributed by atoms with Crippen LogP contribution in [0.4, 0.5) is 5.69 Å². The summed E-state index contributed by atoms with van der Waals surface area (Å²) in [6.45, 7) is 10.5. The summed E-state index contributed by atoms with van der Waals surface area (Å²) in [5.74, 6) is 0.808. The quantitative estimate of drug-likeness (QED) is 0.809. The van der Waals surface area contributed by atoms with Crippen LogP contribution in [0.2, 0.25) is 0 Å². The van der Waals surface area contributed by atoms with Crippen LogP contribution in [0.15, 0.2) is 30.3 Å². The molecule has 4 nitrogen and oxygen atoms in total. The van der Waals surface area contributed by atoms with Gasteiger partial charge in [0.15, 0.2) is 0 Å². The average molecular weight is 316 g/mol. The third-order valence-corrected chi connectivity index (χ3v) is 4.02. The number of para-hydroxylation sites is 1. The summed E-state index contributed by atoms with van der Waals surface area (Å²) >= 11 is 0. The first-order valence-corrected chi connectivity index (χ1v) is 8.52. The lowest BCUT2D eigenvalue weighted by Gasteiger charge is -2.28. The van der Waals surface area contributed by atoms with Gasteiger partial charge in [0.2, 0.25) is 11.8 Å². The molecule has 23 heavy (non-hydrogen) atoms. The van der Waals surface area contributed by atoms with E-state index in [0.29, 0.717) is 24.8 Å². The van der Waals surface area contributed by atoms with E-state index in [4.69, 9.17) is 0 Å². The van der Waals surface area contributed by atoms with E-state index in [1.54, 1.807) is 4.90 Å². The van der Waals surface area contributed by atoms with Gasteiger partial charge in [0, 0.05) is 31.7 Å². The molecular weight excluding hydrogens is 288 g/mol. The lowest BCUT2D eigenvalue weighted by molar-refractivity contribution is -0.136. The highest BCUT2D eigenvalue weighted by molar-refractivity contribution is 6.00. The zero-order chi connectivity index (χ0) is 17.0. The van der Waals surface area contributed by atoms with Gasteiger partial charge in [-0.15, -0.1) is 0 Å². The number of benzene rings is 1. The van der Waals surface area contributed by atoms with Crippen LogP contribution in [0.5, 0.6) is 0 Å². The van der Waals surface area contributed by atoms with Gasteiger partial charge >= 0.3 is 0 Å². The minimum atomic E-state index is -0.222. The second-order valence-corrected chi connectivity index (χ2v) is 7.27. The van der Waals surface area contributed by atoms with Crippen molar-refractivity contribution in [1.29, 1.82) is 0 Å². The second-order valence-electron chi connectivity index (χ2n) is 7.27. The van der Waals surface area contributed by atoms with E-state index in [1.807, 2.05) is 35.2 Å². The van der Waals surface area contributed by atoms with Crippen LogP contribution in [0.1, 0.15) is 34.1 Å². The Labute approximate surface area is 139 Å². The van der Waals surface area contributed by atoms with Crippen LogP contribution < -0.4 is 4.90 Å². The molecule has 0 N–H and O–H groups in total. The zero-order valence-corrected chi connectivity index (χ0v) is 14.7. The summed E-state index contributed by atoms with van der Waals surface area (Å²) in [6, 6.07) is 9.61. The molecule has 0 radical (unpaired) electrons. The maximum atomic E-state index is 12.9. The fourth-order valence-corrected chi connectivity index (χ4v) is 3.12. The summed E-state index contributed by atoms with van der Waals surface area (Å²) in [6.07, 6.45) is 0.320. The largest absolute Gasteiger partial charge is 0.342 e. The smallest absolute Gasteiger partial charge is 0.228 e. The summed E-state index contributed by atoms with van der Waals surface area (Å²) < 4.78 is 0. The van der Waals surface area contributed by atoms with Gasteiger partial charge in [-0.3, -0.25) is 9.59 Å². The van der Waals surface area contributed by atoms with Gasteiger partial charge in [-0.1, -0.05) is 45.9 Å². The second kappa shape index (κ2) is 7.62. The number of hydrogen-bond acceptors (Lipinski definition) is 2. The molecule has 126 valence electrons. The lowest BCUT2D eigenvalue weighted by atomic mass is 10.0. The monoisotopic (exact) mass is 316 g/mol. The molecule has 0 aromatic heterocycles. The molecule has 1 unspecified atom stereocenters. The number of rotatable bonds is 6. The van der Waals surface area contributed by atoms with Crippen molar-refractivity contribution in [2.45, 2.75) is 34.1 Å². The molecule has 1 aromatic carbocycles. The lowest BCUT2D eigenvalue weighted by Crippen LogP contribution is -2.41. The highest BCUT2D eigenvalue weighted by Crippen LogP contribution is 2.26. The Bertz CT molecular complexity index is 530. The molecule has 0 bridgehead atoms. The average Bonchev–Trinajstić information content (AvgIpc) is 2.87. The van der Waals surface area contributed by atoms with Crippen molar-refractivity contribution in [2.75, 3.05) is 24.5 Å². The topological polar surface area (TPSA) is 40.6 Å². The maximum Gasteiger partial charge on any atom is 0.228 e. The Morgan fingerprint density at radius 1 is 1.13 bits per heavy atom. The van der Waals surface area contributed by atoms with Crippen LogP contribution in [0.25, 0.3) is 0 Å². The van der Waals surface area contributed by atoms with E-state index in [0.717, 1.165) is 18.8 Å². The zero-order valence-electron chi connectivity index (χ0n) is 14.7. The first kappa shape index (κ1) is 17.5. The summed E-state index contributed by atoms with van der Waals surface area (Å²) in [7, 11) is 0. The van der Waals surface area contributed by atoms with Gasteiger partial charge < -0.3 is 9.80 Å². The summed E-state index contributed by atoms with van der Waals surface area (Å²) in [5.41, 5.74) is 0.882. The molecular formula is C19H28N2O2. The van der Waals surface area contributed by atoms with Crippen LogP contribution in [-0.2, 0) is 9.59 Å². The van der Waals surface area contributed by atoms with Gasteiger partial charge in [0.1, 0.15) is 0 Å². The molecule has 0 spiro atoms. The van der Waals surface area contributed by atoms with Gasteiger partial charge in [-0.05, 0) is 24.0 Å².